The van der Waals surface area contributed by atoms with Crippen LogP contribution >= 0.6 is 0 Å². The number of carbonyl (C=O) groups excluding carboxylic acids is 1. The number of nitrogens with zero attached hydrogens (tertiary/aromatic N) is 2. The molecular weight excluding hydrogens is 256 g/mol. The molecule has 2 atom stereocenters. The van der Waals surface area contributed by atoms with E-state index in [4.69, 9.17) is 9.47 Å². The van der Waals surface area contributed by atoms with Gasteiger partial charge >= 0.3 is 6.09 Å². The average molecular weight is 278 g/mol. The fourth-order valence-corrected chi connectivity index (χ4v) is 2.96. The molecule has 0 radical (unpaired) electrons. The van der Waals surface area contributed by atoms with E-state index >= 15 is 0 Å². The number of likely N-dealkylation sites (tertiary alicyclic amines) is 1. The molecule has 110 valence electrons. The summed E-state index contributed by atoms with van der Waals surface area (Å²) in [4.78, 5) is 13.8. The molecule has 0 spiro atoms. The Hall–Kier alpha value is -1.49. The zero-order chi connectivity index (χ0) is 14.5. The minimum atomic E-state index is -0.450. The maximum atomic E-state index is 12.1. The molecule has 0 bridgehead atoms. The normalized spacial score (nSPS) is 29.0. The zero-order valence-electron chi connectivity index (χ0n) is 12.5. The maximum absolute atomic E-state index is 12.1. The van der Waals surface area contributed by atoms with Crippen molar-refractivity contribution in [1.29, 1.82) is 0 Å². The number of rotatable bonds is 1. The van der Waals surface area contributed by atoms with Crippen LogP contribution in [-0.2, 0) is 22.1 Å². The van der Waals surface area contributed by atoms with Crippen molar-refractivity contribution in [3.8, 4) is 0 Å². The standard InChI is InChI=1S/C15H22N2O3/c1-14(2,3)20-13(18)17-9-7-15(12(10-17)19-15)11-6-5-8-16(11)4/h5-6,8,12H,7,9-10H2,1-4H3/t12-,15-/m1/s1. The fourth-order valence-electron chi connectivity index (χ4n) is 2.96. The van der Waals surface area contributed by atoms with Crippen LogP contribution in [0, 0.1) is 0 Å². The van der Waals surface area contributed by atoms with Crippen LogP contribution in [0.15, 0.2) is 18.3 Å². The summed E-state index contributed by atoms with van der Waals surface area (Å²) >= 11 is 0. The van der Waals surface area contributed by atoms with Crippen LogP contribution in [-0.4, -0.2) is 40.4 Å². The number of carbonyl (C=O) groups is 1. The summed E-state index contributed by atoms with van der Waals surface area (Å²) < 4.78 is 13.4. The van der Waals surface area contributed by atoms with E-state index in [0.717, 1.165) is 6.42 Å². The molecular formula is C15H22N2O3. The Labute approximate surface area is 119 Å². The fraction of sp³-hybridized carbons (Fsp3) is 0.667. The third-order valence-corrected chi connectivity index (χ3v) is 3.98. The molecule has 2 saturated heterocycles. The van der Waals surface area contributed by atoms with E-state index in [0.29, 0.717) is 13.1 Å². The van der Waals surface area contributed by atoms with Gasteiger partial charge in [0.25, 0.3) is 0 Å². The quantitative estimate of drug-likeness (QED) is 0.740. The molecule has 2 fully saturated rings. The topological polar surface area (TPSA) is 47.0 Å². The molecule has 2 aliphatic heterocycles. The van der Waals surface area contributed by atoms with Crippen molar-refractivity contribution in [2.45, 2.75) is 44.5 Å². The van der Waals surface area contributed by atoms with Crippen molar-refractivity contribution in [1.82, 2.24) is 9.47 Å². The first-order valence-electron chi connectivity index (χ1n) is 7.09. The van der Waals surface area contributed by atoms with Gasteiger partial charge < -0.3 is 18.9 Å². The molecule has 1 aromatic heterocycles. The van der Waals surface area contributed by atoms with Crippen molar-refractivity contribution < 1.29 is 14.3 Å². The summed E-state index contributed by atoms with van der Waals surface area (Å²) in [6.45, 7) is 6.95. The molecule has 0 N–H and O–H groups in total. The highest BCUT2D eigenvalue weighted by atomic mass is 16.6. The molecule has 20 heavy (non-hydrogen) atoms. The van der Waals surface area contributed by atoms with Crippen molar-refractivity contribution in [3.05, 3.63) is 24.0 Å². The molecule has 2 aliphatic rings. The van der Waals surface area contributed by atoms with Gasteiger partial charge in [-0.05, 0) is 32.9 Å². The van der Waals surface area contributed by atoms with Gasteiger partial charge in [0, 0.05) is 26.2 Å². The van der Waals surface area contributed by atoms with Crippen molar-refractivity contribution in [2.24, 2.45) is 7.05 Å². The third kappa shape index (κ3) is 2.20. The first kappa shape index (κ1) is 13.5. The van der Waals surface area contributed by atoms with Crippen molar-refractivity contribution in [3.63, 3.8) is 0 Å². The summed E-state index contributed by atoms with van der Waals surface area (Å²) in [6.07, 6.45) is 2.71. The van der Waals surface area contributed by atoms with Gasteiger partial charge in [-0.15, -0.1) is 0 Å². The summed E-state index contributed by atoms with van der Waals surface area (Å²) in [7, 11) is 2.03. The molecule has 0 saturated carbocycles. The number of amides is 1. The van der Waals surface area contributed by atoms with Gasteiger partial charge in [0.2, 0.25) is 0 Å². The molecule has 5 nitrogen and oxygen atoms in total. The van der Waals surface area contributed by atoms with Crippen LogP contribution in [0.25, 0.3) is 0 Å². The number of piperidine rings is 1. The number of hydrogen-bond acceptors (Lipinski definition) is 3. The number of aromatic nitrogens is 1. The Morgan fingerprint density at radius 2 is 2.25 bits per heavy atom. The Morgan fingerprint density at radius 1 is 1.50 bits per heavy atom. The predicted octanol–water partition coefficient (Wildman–Crippen LogP) is 2.26. The minimum Gasteiger partial charge on any atom is -0.444 e. The Morgan fingerprint density at radius 3 is 2.80 bits per heavy atom. The van der Waals surface area contributed by atoms with Gasteiger partial charge in [0.15, 0.2) is 0 Å². The minimum absolute atomic E-state index is 0.0948. The molecule has 3 heterocycles. The van der Waals surface area contributed by atoms with E-state index in [2.05, 4.69) is 10.6 Å². The SMILES string of the molecule is Cn1cccc1[C@]12CCN(C(=O)OC(C)(C)C)C[C@H]1O2. The lowest BCUT2D eigenvalue weighted by Crippen LogP contribution is -2.44. The molecule has 0 unspecified atom stereocenters. The van der Waals surface area contributed by atoms with E-state index in [1.807, 2.05) is 40.1 Å². The van der Waals surface area contributed by atoms with E-state index < -0.39 is 5.60 Å². The van der Waals surface area contributed by atoms with Crippen LogP contribution in [0.5, 0.6) is 0 Å². The monoisotopic (exact) mass is 278 g/mol. The van der Waals surface area contributed by atoms with Crippen LogP contribution in [0.3, 0.4) is 0 Å². The largest absolute Gasteiger partial charge is 0.444 e. The summed E-state index contributed by atoms with van der Waals surface area (Å²) in [5.41, 5.74) is 0.566. The van der Waals surface area contributed by atoms with Crippen molar-refractivity contribution >= 4 is 6.09 Å². The van der Waals surface area contributed by atoms with E-state index in [9.17, 15) is 4.79 Å². The Bertz CT molecular complexity index is 531. The second-order valence-corrected chi connectivity index (χ2v) is 6.68. The third-order valence-electron chi connectivity index (χ3n) is 3.98. The summed E-state index contributed by atoms with van der Waals surface area (Å²) in [5.74, 6) is 0. The zero-order valence-corrected chi connectivity index (χ0v) is 12.5. The maximum Gasteiger partial charge on any atom is 0.410 e. The first-order chi connectivity index (χ1) is 9.32. The Balaban J connectivity index is 1.66. The van der Waals surface area contributed by atoms with Gasteiger partial charge in [0.1, 0.15) is 17.3 Å². The highest BCUT2D eigenvalue weighted by Gasteiger charge is 2.62. The van der Waals surface area contributed by atoms with Crippen LogP contribution in [0.4, 0.5) is 4.79 Å². The highest BCUT2D eigenvalue weighted by molar-refractivity contribution is 5.68. The molecule has 1 amide bonds. The van der Waals surface area contributed by atoms with Gasteiger partial charge in [-0.2, -0.15) is 0 Å². The van der Waals surface area contributed by atoms with Crippen LogP contribution in [0.2, 0.25) is 0 Å². The van der Waals surface area contributed by atoms with Gasteiger partial charge in [-0.3, -0.25) is 0 Å². The molecule has 0 aromatic carbocycles. The Kier molecular flexibility index (Phi) is 2.87. The molecule has 0 aliphatic carbocycles. The van der Waals surface area contributed by atoms with Crippen LogP contribution < -0.4 is 0 Å². The van der Waals surface area contributed by atoms with Gasteiger partial charge in [-0.25, -0.2) is 4.79 Å². The number of fused-ring (bicyclic) bond motifs is 1. The number of ether oxygens (including phenoxy) is 2. The molecule has 3 rings (SSSR count). The highest BCUT2D eigenvalue weighted by Crippen LogP contribution is 2.51. The lowest BCUT2D eigenvalue weighted by molar-refractivity contribution is 0.0216. The van der Waals surface area contributed by atoms with Crippen molar-refractivity contribution in [2.75, 3.05) is 13.1 Å². The lowest BCUT2D eigenvalue weighted by Gasteiger charge is -2.31. The second-order valence-electron chi connectivity index (χ2n) is 6.68. The van der Waals surface area contributed by atoms with E-state index in [1.54, 1.807) is 4.90 Å². The van der Waals surface area contributed by atoms with Gasteiger partial charge in [-0.1, -0.05) is 0 Å². The summed E-state index contributed by atoms with van der Waals surface area (Å²) in [5, 5.41) is 0. The van der Waals surface area contributed by atoms with Crippen LogP contribution in [0.1, 0.15) is 32.9 Å². The number of epoxide rings is 1. The van der Waals surface area contributed by atoms with E-state index in [1.165, 1.54) is 5.69 Å². The lowest BCUT2D eigenvalue weighted by atomic mass is 9.93. The second kappa shape index (κ2) is 4.25. The first-order valence-corrected chi connectivity index (χ1v) is 7.09. The molecule has 1 aromatic rings. The molecule has 5 heteroatoms. The number of aryl methyl sites for hydroxylation is 1. The average Bonchev–Trinajstić information content (AvgIpc) is 2.92. The smallest absolute Gasteiger partial charge is 0.410 e. The van der Waals surface area contributed by atoms with E-state index in [-0.39, 0.29) is 17.8 Å². The van der Waals surface area contributed by atoms with Gasteiger partial charge in [0.05, 0.1) is 12.2 Å². The number of hydrogen-bond donors (Lipinski definition) is 0. The predicted molar refractivity (Wildman–Crippen MR) is 74.4 cm³/mol. The summed E-state index contributed by atoms with van der Waals surface area (Å²) in [6, 6.07) is 4.13.